The van der Waals surface area contributed by atoms with E-state index in [2.05, 4.69) is 6.07 Å². The molecular formula is C10H11O. The van der Waals surface area contributed by atoms with Gasteiger partial charge in [0.05, 0.1) is 6.10 Å². The molecule has 1 aromatic rings. The highest BCUT2D eigenvalue weighted by Gasteiger charge is 2.23. The third-order valence-corrected chi connectivity index (χ3v) is 1.83. The monoisotopic (exact) mass is 147 g/mol. The molecule has 1 heteroatoms. The predicted octanol–water partition coefficient (Wildman–Crippen LogP) is 2.34. The Morgan fingerprint density at radius 3 is 3.00 bits per heavy atom. The summed E-state index contributed by atoms with van der Waals surface area (Å²) < 4.78 is 5.62. The van der Waals surface area contributed by atoms with Gasteiger partial charge in [0.1, 0.15) is 5.75 Å². The minimum Gasteiger partial charge on any atom is -0.490 e. The molecule has 1 saturated carbocycles. The molecule has 1 aliphatic rings. The SMILES string of the molecule is Cc1[c]cccc1OC1CC1. The third-order valence-electron chi connectivity index (χ3n) is 1.83. The molecular weight excluding hydrogens is 136 g/mol. The number of rotatable bonds is 2. The summed E-state index contributed by atoms with van der Waals surface area (Å²) in [6, 6.07) is 8.99. The third kappa shape index (κ3) is 1.53. The highest BCUT2D eigenvalue weighted by Crippen LogP contribution is 2.28. The van der Waals surface area contributed by atoms with Crippen LogP contribution in [0, 0.1) is 13.0 Å². The van der Waals surface area contributed by atoms with Crippen LogP contribution < -0.4 is 4.74 Å². The fraction of sp³-hybridized carbons (Fsp3) is 0.400. The van der Waals surface area contributed by atoms with Gasteiger partial charge in [-0.3, -0.25) is 0 Å². The average molecular weight is 147 g/mol. The average Bonchev–Trinajstić information content (AvgIpc) is 2.78. The van der Waals surface area contributed by atoms with Gasteiger partial charge in [0.2, 0.25) is 0 Å². The van der Waals surface area contributed by atoms with Crippen LogP contribution in [0.1, 0.15) is 18.4 Å². The fourth-order valence-corrected chi connectivity index (χ4v) is 0.998. The smallest absolute Gasteiger partial charge is 0.123 e. The van der Waals surface area contributed by atoms with E-state index >= 15 is 0 Å². The molecule has 57 valence electrons. The number of hydrogen-bond acceptors (Lipinski definition) is 1. The molecule has 2 rings (SSSR count). The Bertz CT molecular complexity index is 251. The van der Waals surface area contributed by atoms with E-state index in [9.17, 15) is 0 Å². The van der Waals surface area contributed by atoms with Crippen molar-refractivity contribution in [2.45, 2.75) is 25.9 Å². The van der Waals surface area contributed by atoms with Gasteiger partial charge in [0.15, 0.2) is 0 Å². The second-order valence-corrected chi connectivity index (χ2v) is 2.98. The van der Waals surface area contributed by atoms with E-state index in [4.69, 9.17) is 4.74 Å². The Morgan fingerprint density at radius 2 is 2.36 bits per heavy atom. The van der Waals surface area contributed by atoms with Crippen LogP contribution in [0.5, 0.6) is 5.75 Å². The Labute approximate surface area is 67.0 Å². The molecule has 0 atom stereocenters. The fourth-order valence-electron chi connectivity index (χ4n) is 0.998. The van der Waals surface area contributed by atoms with Gasteiger partial charge in [-0.2, -0.15) is 0 Å². The molecule has 1 radical (unpaired) electrons. The van der Waals surface area contributed by atoms with Crippen LogP contribution >= 0.6 is 0 Å². The molecule has 0 bridgehead atoms. The maximum absolute atomic E-state index is 5.62. The van der Waals surface area contributed by atoms with Crippen molar-refractivity contribution >= 4 is 0 Å². The lowest BCUT2D eigenvalue weighted by atomic mass is 10.2. The Balaban J connectivity index is 2.15. The van der Waals surface area contributed by atoms with Crippen molar-refractivity contribution in [3.8, 4) is 5.75 Å². The quantitative estimate of drug-likeness (QED) is 0.623. The Kier molecular flexibility index (Phi) is 1.57. The van der Waals surface area contributed by atoms with Gasteiger partial charge < -0.3 is 4.74 Å². The first-order valence-corrected chi connectivity index (χ1v) is 4.00. The summed E-state index contributed by atoms with van der Waals surface area (Å²) in [5.74, 6) is 0.995. The van der Waals surface area contributed by atoms with E-state index in [1.54, 1.807) is 0 Å². The second kappa shape index (κ2) is 2.57. The normalized spacial score (nSPS) is 16.5. The van der Waals surface area contributed by atoms with Crippen molar-refractivity contribution in [1.29, 1.82) is 0 Å². The zero-order valence-electron chi connectivity index (χ0n) is 6.63. The summed E-state index contributed by atoms with van der Waals surface area (Å²) in [4.78, 5) is 0. The van der Waals surface area contributed by atoms with E-state index < -0.39 is 0 Å². The van der Waals surface area contributed by atoms with Crippen LogP contribution in [0.2, 0.25) is 0 Å². The molecule has 0 heterocycles. The maximum Gasteiger partial charge on any atom is 0.123 e. The summed E-state index contributed by atoms with van der Waals surface area (Å²) in [5.41, 5.74) is 1.11. The van der Waals surface area contributed by atoms with Crippen molar-refractivity contribution in [3.63, 3.8) is 0 Å². The van der Waals surface area contributed by atoms with Gasteiger partial charge in [-0.05, 0) is 37.5 Å². The van der Waals surface area contributed by atoms with Gasteiger partial charge in [-0.1, -0.05) is 12.1 Å². The zero-order valence-corrected chi connectivity index (χ0v) is 6.63. The number of aryl methyl sites for hydroxylation is 1. The van der Waals surface area contributed by atoms with Crippen LogP contribution in [0.25, 0.3) is 0 Å². The second-order valence-electron chi connectivity index (χ2n) is 2.98. The first-order valence-electron chi connectivity index (χ1n) is 4.00. The van der Waals surface area contributed by atoms with Gasteiger partial charge in [-0.15, -0.1) is 0 Å². The van der Waals surface area contributed by atoms with Crippen LogP contribution in [-0.4, -0.2) is 6.10 Å². The summed E-state index contributed by atoms with van der Waals surface area (Å²) >= 11 is 0. The van der Waals surface area contributed by atoms with Crippen molar-refractivity contribution in [2.75, 3.05) is 0 Å². The van der Waals surface area contributed by atoms with E-state index in [1.165, 1.54) is 12.8 Å². The van der Waals surface area contributed by atoms with E-state index in [0.29, 0.717) is 6.10 Å². The van der Waals surface area contributed by atoms with Crippen LogP contribution in [0.3, 0.4) is 0 Å². The molecule has 0 spiro atoms. The summed E-state index contributed by atoms with van der Waals surface area (Å²) in [6.07, 6.45) is 2.92. The van der Waals surface area contributed by atoms with Gasteiger partial charge in [0.25, 0.3) is 0 Å². The minimum atomic E-state index is 0.490. The lowest BCUT2D eigenvalue weighted by Gasteiger charge is -2.05. The number of ether oxygens (including phenoxy) is 1. The molecule has 0 N–H and O–H groups in total. The van der Waals surface area contributed by atoms with Gasteiger partial charge >= 0.3 is 0 Å². The van der Waals surface area contributed by atoms with Crippen molar-refractivity contribution in [1.82, 2.24) is 0 Å². The zero-order chi connectivity index (χ0) is 7.68. The van der Waals surface area contributed by atoms with Crippen LogP contribution in [0.4, 0.5) is 0 Å². The molecule has 11 heavy (non-hydrogen) atoms. The highest BCUT2D eigenvalue weighted by molar-refractivity contribution is 5.31. The highest BCUT2D eigenvalue weighted by atomic mass is 16.5. The molecule has 0 aliphatic heterocycles. The lowest BCUT2D eigenvalue weighted by molar-refractivity contribution is 0.301. The van der Waals surface area contributed by atoms with E-state index in [1.807, 2.05) is 25.1 Å². The van der Waals surface area contributed by atoms with Crippen molar-refractivity contribution in [3.05, 3.63) is 29.8 Å². The van der Waals surface area contributed by atoms with E-state index in [-0.39, 0.29) is 0 Å². The molecule has 0 saturated heterocycles. The molecule has 0 unspecified atom stereocenters. The molecule has 1 aromatic carbocycles. The molecule has 0 aromatic heterocycles. The molecule has 1 aliphatic carbocycles. The topological polar surface area (TPSA) is 9.23 Å². The Morgan fingerprint density at radius 1 is 1.55 bits per heavy atom. The van der Waals surface area contributed by atoms with Crippen molar-refractivity contribution < 1.29 is 4.74 Å². The first-order chi connectivity index (χ1) is 5.36. The van der Waals surface area contributed by atoms with Gasteiger partial charge in [-0.25, -0.2) is 0 Å². The Hall–Kier alpha value is -0.980. The maximum atomic E-state index is 5.62. The lowest BCUT2D eigenvalue weighted by Crippen LogP contribution is -1.96. The van der Waals surface area contributed by atoms with E-state index in [0.717, 1.165) is 11.3 Å². The predicted molar refractivity (Wildman–Crippen MR) is 43.7 cm³/mol. The first kappa shape index (κ1) is 6.71. The summed E-state index contributed by atoms with van der Waals surface area (Å²) in [7, 11) is 0. The number of benzene rings is 1. The number of hydrogen-bond donors (Lipinski definition) is 0. The standard InChI is InChI=1S/C10H11O/c1-8-4-2-3-5-10(8)11-9-6-7-9/h2-3,5,9H,6-7H2,1H3. The van der Waals surface area contributed by atoms with Crippen LogP contribution in [-0.2, 0) is 0 Å². The minimum absolute atomic E-state index is 0.490. The molecule has 0 amide bonds. The van der Waals surface area contributed by atoms with Gasteiger partial charge in [0, 0.05) is 0 Å². The van der Waals surface area contributed by atoms with Crippen molar-refractivity contribution in [2.24, 2.45) is 0 Å². The van der Waals surface area contributed by atoms with Crippen LogP contribution in [0.15, 0.2) is 18.2 Å². The summed E-state index contributed by atoms with van der Waals surface area (Å²) in [6.45, 7) is 2.03. The molecule has 1 fully saturated rings. The largest absolute Gasteiger partial charge is 0.490 e. The summed E-state index contributed by atoms with van der Waals surface area (Å²) in [5, 5.41) is 0. The molecule has 1 nitrogen and oxygen atoms in total.